The summed E-state index contributed by atoms with van der Waals surface area (Å²) >= 11 is 1.73. The van der Waals surface area contributed by atoms with Gasteiger partial charge in [0.05, 0.1) is 13.1 Å². The third-order valence-corrected chi connectivity index (χ3v) is 5.03. The van der Waals surface area contributed by atoms with Crippen LogP contribution in [0.3, 0.4) is 0 Å². The maximum Gasteiger partial charge on any atom is 0.231 e. The maximum atomic E-state index is 10.9. The van der Waals surface area contributed by atoms with E-state index in [0.717, 1.165) is 43.3 Å². The van der Waals surface area contributed by atoms with Crippen LogP contribution in [0.5, 0.6) is 0 Å². The van der Waals surface area contributed by atoms with E-state index in [-0.39, 0.29) is 5.91 Å². The molecule has 7 nitrogen and oxygen atoms in total. The van der Waals surface area contributed by atoms with E-state index in [1.807, 2.05) is 6.20 Å². The van der Waals surface area contributed by atoms with Gasteiger partial charge in [0.2, 0.25) is 5.91 Å². The number of aromatic nitrogens is 1. The van der Waals surface area contributed by atoms with Gasteiger partial charge in [-0.05, 0) is 19.3 Å². The van der Waals surface area contributed by atoms with Gasteiger partial charge in [-0.25, -0.2) is 4.98 Å². The fraction of sp³-hybridized carbons (Fsp3) is 0.667. The number of thiazole rings is 1. The average molecular weight is 338 g/mol. The number of guanidine groups is 1. The number of aliphatic imine (C=N–C) groups is 1. The molecule has 0 atom stereocenters. The van der Waals surface area contributed by atoms with Gasteiger partial charge in [-0.15, -0.1) is 11.3 Å². The minimum Gasteiger partial charge on any atom is -0.369 e. The molecule has 128 valence electrons. The van der Waals surface area contributed by atoms with Gasteiger partial charge in [0.1, 0.15) is 5.01 Å². The van der Waals surface area contributed by atoms with Crippen LogP contribution >= 0.6 is 11.3 Å². The van der Waals surface area contributed by atoms with E-state index in [2.05, 4.69) is 32.4 Å². The molecule has 2 rings (SSSR count). The van der Waals surface area contributed by atoms with Crippen LogP contribution in [0.25, 0.3) is 0 Å². The van der Waals surface area contributed by atoms with Gasteiger partial charge in [0.15, 0.2) is 5.96 Å². The highest BCUT2D eigenvalue weighted by molar-refractivity contribution is 7.11. The second-order valence-electron chi connectivity index (χ2n) is 5.66. The molecule has 1 amide bonds. The lowest BCUT2D eigenvalue weighted by atomic mass is 10.1. The van der Waals surface area contributed by atoms with Gasteiger partial charge in [0.25, 0.3) is 0 Å². The molecular formula is C15H26N6OS. The van der Waals surface area contributed by atoms with E-state index in [0.29, 0.717) is 19.1 Å². The first kappa shape index (κ1) is 17.7. The summed E-state index contributed by atoms with van der Waals surface area (Å²) in [5, 5.41) is 7.83. The predicted octanol–water partition coefficient (Wildman–Crippen LogP) is 0.320. The molecule has 0 unspecified atom stereocenters. The number of nitrogens with zero attached hydrogens (tertiary/aromatic N) is 3. The van der Waals surface area contributed by atoms with E-state index in [1.54, 1.807) is 18.4 Å². The van der Waals surface area contributed by atoms with Gasteiger partial charge >= 0.3 is 0 Å². The molecule has 1 aromatic rings. The number of carbonyl (C=O) groups excluding carboxylic acids is 1. The van der Waals surface area contributed by atoms with E-state index in [9.17, 15) is 4.79 Å². The van der Waals surface area contributed by atoms with Crippen LogP contribution < -0.4 is 16.4 Å². The molecule has 1 aliphatic rings. The Hall–Kier alpha value is -1.67. The number of amides is 1. The van der Waals surface area contributed by atoms with E-state index in [1.165, 1.54) is 4.88 Å². The number of primary amides is 1. The number of nitrogens with one attached hydrogen (secondary N) is 2. The molecule has 2 heterocycles. The van der Waals surface area contributed by atoms with Gasteiger partial charge in [-0.2, -0.15) is 0 Å². The Balaban J connectivity index is 1.74. The van der Waals surface area contributed by atoms with E-state index in [4.69, 9.17) is 5.73 Å². The van der Waals surface area contributed by atoms with Gasteiger partial charge in [-0.1, -0.05) is 6.92 Å². The molecule has 1 fully saturated rings. The van der Waals surface area contributed by atoms with Crippen molar-refractivity contribution in [2.75, 3.05) is 26.7 Å². The Morgan fingerprint density at radius 1 is 1.52 bits per heavy atom. The van der Waals surface area contributed by atoms with E-state index < -0.39 is 0 Å². The van der Waals surface area contributed by atoms with Crippen molar-refractivity contribution < 1.29 is 4.79 Å². The summed E-state index contributed by atoms with van der Waals surface area (Å²) < 4.78 is 0. The van der Waals surface area contributed by atoms with Crippen molar-refractivity contribution in [3.63, 3.8) is 0 Å². The zero-order valence-electron chi connectivity index (χ0n) is 13.8. The van der Waals surface area contributed by atoms with E-state index >= 15 is 0 Å². The predicted molar refractivity (Wildman–Crippen MR) is 93.5 cm³/mol. The molecule has 1 aliphatic heterocycles. The number of hydrogen-bond acceptors (Lipinski definition) is 5. The molecule has 4 N–H and O–H groups in total. The molecule has 0 radical (unpaired) electrons. The molecule has 1 saturated heterocycles. The molecule has 0 saturated carbocycles. The Morgan fingerprint density at radius 2 is 2.26 bits per heavy atom. The molecule has 0 aromatic carbocycles. The van der Waals surface area contributed by atoms with Crippen molar-refractivity contribution in [1.82, 2.24) is 20.5 Å². The first-order valence-corrected chi connectivity index (χ1v) is 8.83. The zero-order chi connectivity index (χ0) is 16.7. The van der Waals surface area contributed by atoms with Crippen LogP contribution in [0.2, 0.25) is 0 Å². The number of piperidine rings is 1. The summed E-state index contributed by atoms with van der Waals surface area (Å²) in [6.07, 6.45) is 4.91. The molecule has 0 spiro atoms. The van der Waals surface area contributed by atoms with Crippen LogP contribution in [0.4, 0.5) is 0 Å². The quantitative estimate of drug-likeness (QED) is 0.513. The molecular weight excluding hydrogens is 312 g/mol. The summed E-state index contributed by atoms with van der Waals surface area (Å²) in [5.41, 5.74) is 5.24. The number of likely N-dealkylation sites (tertiary alicyclic amines) is 1. The summed E-state index contributed by atoms with van der Waals surface area (Å²) in [5.74, 6) is 0.537. The van der Waals surface area contributed by atoms with Crippen LogP contribution in [-0.2, 0) is 17.8 Å². The monoisotopic (exact) mass is 338 g/mol. The number of nitrogens with two attached hydrogens (primary N) is 1. The number of carbonyl (C=O) groups is 1. The lowest BCUT2D eigenvalue weighted by Gasteiger charge is -2.32. The fourth-order valence-electron chi connectivity index (χ4n) is 2.60. The van der Waals surface area contributed by atoms with Crippen LogP contribution in [-0.4, -0.2) is 54.5 Å². The summed E-state index contributed by atoms with van der Waals surface area (Å²) in [7, 11) is 1.77. The van der Waals surface area contributed by atoms with Crippen LogP contribution in [0.15, 0.2) is 11.2 Å². The number of aryl methyl sites for hydroxylation is 1. The van der Waals surface area contributed by atoms with Crippen LogP contribution in [0.1, 0.15) is 29.7 Å². The first-order valence-electron chi connectivity index (χ1n) is 8.02. The number of hydrogen-bond donors (Lipinski definition) is 3. The maximum absolute atomic E-state index is 10.9. The standard InChI is InChI=1S/C15H26N6OS/c1-3-12-8-18-14(23-12)9-19-15(17-2)20-11-4-6-21(7-5-11)10-13(16)22/h8,11H,3-7,9-10H2,1-2H3,(H2,16,22)(H2,17,19,20). The first-order chi connectivity index (χ1) is 11.1. The Kier molecular flexibility index (Phi) is 6.79. The Bertz CT molecular complexity index is 536. The van der Waals surface area contributed by atoms with Crippen molar-refractivity contribution >= 4 is 23.2 Å². The Morgan fingerprint density at radius 3 is 2.83 bits per heavy atom. The summed E-state index contributed by atoms with van der Waals surface area (Å²) in [6.45, 7) is 4.93. The topological polar surface area (TPSA) is 95.6 Å². The largest absolute Gasteiger partial charge is 0.369 e. The molecule has 0 bridgehead atoms. The smallest absolute Gasteiger partial charge is 0.231 e. The molecule has 23 heavy (non-hydrogen) atoms. The second-order valence-corrected chi connectivity index (χ2v) is 6.86. The average Bonchev–Trinajstić information content (AvgIpc) is 3.00. The SMILES string of the molecule is CCc1cnc(CNC(=NC)NC2CCN(CC(N)=O)CC2)s1. The third-order valence-electron chi connectivity index (χ3n) is 3.89. The van der Waals surface area contributed by atoms with Crippen molar-refractivity contribution in [2.24, 2.45) is 10.7 Å². The minimum absolute atomic E-state index is 0.260. The Labute approximate surface area is 141 Å². The molecule has 1 aromatic heterocycles. The summed E-state index contributed by atoms with van der Waals surface area (Å²) in [4.78, 5) is 23.0. The minimum atomic E-state index is -0.260. The highest BCUT2D eigenvalue weighted by Gasteiger charge is 2.20. The lowest BCUT2D eigenvalue weighted by Crippen LogP contribution is -2.49. The normalized spacial score (nSPS) is 17.2. The second kappa shape index (κ2) is 8.83. The highest BCUT2D eigenvalue weighted by atomic mass is 32.1. The third kappa shape index (κ3) is 5.80. The van der Waals surface area contributed by atoms with Crippen molar-refractivity contribution in [3.8, 4) is 0 Å². The highest BCUT2D eigenvalue weighted by Crippen LogP contribution is 2.13. The molecule has 0 aliphatic carbocycles. The zero-order valence-corrected chi connectivity index (χ0v) is 14.7. The molecule has 8 heteroatoms. The summed E-state index contributed by atoms with van der Waals surface area (Å²) in [6, 6.07) is 0.368. The lowest BCUT2D eigenvalue weighted by molar-refractivity contribution is -0.119. The van der Waals surface area contributed by atoms with Crippen molar-refractivity contribution in [3.05, 3.63) is 16.1 Å². The van der Waals surface area contributed by atoms with Crippen LogP contribution in [0, 0.1) is 0 Å². The van der Waals surface area contributed by atoms with Gasteiger partial charge < -0.3 is 16.4 Å². The fourth-order valence-corrected chi connectivity index (χ4v) is 3.40. The number of rotatable bonds is 6. The van der Waals surface area contributed by atoms with Crippen molar-refractivity contribution in [2.45, 2.75) is 38.8 Å². The van der Waals surface area contributed by atoms with Gasteiger partial charge in [-0.3, -0.25) is 14.7 Å². The van der Waals surface area contributed by atoms with Crippen molar-refractivity contribution in [1.29, 1.82) is 0 Å². The van der Waals surface area contributed by atoms with Gasteiger partial charge in [0, 0.05) is 37.3 Å².